The number of carbonyl (C=O) groups is 2. The molecule has 1 saturated heterocycles. The fraction of sp³-hybridized carbons (Fsp3) is 0.421. The first kappa shape index (κ1) is 22.8. The number of halogens is 2. The summed E-state index contributed by atoms with van der Waals surface area (Å²) in [5, 5.41) is 11.3. The molecule has 2 amide bonds. The minimum absolute atomic E-state index is 0.0308. The van der Waals surface area contributed by atoms with E-state index in [1.165, 1.54) is 16.6 Å². The first-order chi connectivity index (χ1) is 14.6. The molecule has 0 bridgehead atoms. The molecule has 0 spiro atoms. The van der Waals surface area contributed by atoms with Crippen LogP contribution in [0.4, 0.5) is 14.5 Å². The zero-order chi connectivity index (χ0) is 22.8. The van der Waals surface area contributed by atoms with Crippen molar-refractivity contribution in [3.05, 3.63) is 46.8 Å². The van der Waals surface area contributed by atoms with Crippen LogP contribution in [0.15, 0.2) is 18.3 Å². The maximum Gasteiger partial charge on any atom is 0.271 e. The molecule has 2 heterocycles. The molecule has 0 saturated carbocycles. The van der Waals surface area contributed by atoms with Gasteiger partial charge in [0.2, 0.25) is 10.0 Å². The maximum atomic E-state index is 14.4. The second kappa shape index (κ2) is 9.10. The van der Waals surface area contributed by atoms with Crippen LogP contribution in [0.1, 0.15) is 46.2 Å². The van der Waals surface area contributed by atoms with Crippen molar-refractivity contribution in [1.82, 2.24) is 19.8 Å². The lowest BCUT2D eigenvalue weighted by molar-refractivity contribution is 0.0919. The highest BCUT2D eigenvalue weighted by molar-refractivity contribution is 7.88. The molecule has 9 nitrogen and oxygen atoms in total. The minimum Gasteiger partial charge on any atom is -0.348 e. The monoisotopic (exact) mass is 455 g/mol. The van der Waals surface area contributed by atoms with Gasteiger partial charge in [-0.3, -0.25) is 14.7 Å². The second-order valence-corrected chi connectivity index (χ2v) is 9.25. The zero-order valence-electron chi connectivity index (χ0n) is 17.0. The van der Waals surface area contributed by atoms with Crippen LogP contribution in [0.25, 0.3) is 0 Å². The smallest absolute Gasteiger partial charge is 0.271 e. The van der Waals surface area contributed by atoms with Gasteiger partial charge in [0, 0.05) is 19.1 Å². The summed E-state index contributed by atoms with van der Waals surface area (Å²) in [7, 11) is -3.28. The molecular weight excluding hydrogens is 432 g/mol. The summed E-state index contributed by atoms with van der Waals surface area (Å²) >= 11 is 0. The third-order valence-corrected chi connectivity index (χ3v) is 6.45. The molecule has 0 atom stereocenters. The summed E-state index contributed by atoms with van der Waals surface area (Å²) in [6.45, 7) is 2.24. The van der Waals surface area contributed by atoms with E-state index in [2.05, 4.69) is 20.8 Å². The molecule has 3 rings (SSSR count). The molecule has 2 aromatic rings. The summed E-state index contributed by atoms with van der Waals surface area (Å²) in [5.74, 6) is -3.58. The molecule has 1 fully saturated rings. The van der Waals surface area contributed by atoms with Gasteiger partial charge in [-0.15, -0.1) is 0 Å². The van der Waals surface area contributed by atoms with Crippen molar-refractivity contribution in [2.45, 2.75) is 32.2 Å². The van der Waals surface area contributed by atoms with Gasteiger partial charge in [0.15, 0.2) is 0 Å². The Hall–Kier alpha value is -2.86. The molecule has 12 heteroatoms. The Kier molecular flexibility index (Phi) is 6.70. The molecule has 1 aliphatic rings. The number of carbonyl (C=O) groups excluding carboxylic acids is 2. The fourth-order valence-corrected chi connectivity index (χ4v) is 4.28. The second-order valence-electron chi connectivity index (χ2n) is 7.27. The van der Waals surface area contributed by atoms with E-state index in [1.54, 1.807) is 6.92 Å². The number of anilines is 1. The summed E-state index contributed by atoms with van der Waals surface area (Å²) < 4.78 is 53.0. The Balaban J connectivity index is 1.69. The third kappa shape index (κ3) is 5.07. The normalized spacial score (nSPS) is 15.6. The zero-order valence-corrected chi connectivity index (χ0v) is 17.9. The molecule has 1 aromatic carbocycles. The fourth-order valence-electron chi connectivity index (χ4n) is 3.41. The van der Waals surface area contributed by atoms with Crippen molar-refractivity contribution in [2.75, 3.05) is 24.7 Å². The molecule has 31 heavy (non-hydrogen) atoms. The quantitative estimate of drug-likeness (QED) is 0.611. The summed E-state index contributed by atoms with van der Waals surface area (Å²) in [4.78, 5) is 25.1. The maximum absolute atomic E-state index is 14.4. The molecule has 1 aromatic heterocycles. The van der Waals surface area contributed by atoms with Crippen LogP contribution in [0.2, 0.25) is 0 Å². The average Bonchev–Trinajstić information content (AvgIpc) is 3.16. The van der Waals surface area contributed by atoms with Crippen LogP contribution >= 0.6 is 0 Å². The number of nitrogens with one attached hydrogen (secondary N) is 3. The van der Waals surface area contributed by atoms with Gasteiger partial charge < -0.3 is 10.6 Å². The lowest BCUT2D eigenvalue weighted by atomic mass is 10.1. The van der Waals surface area contributed by atoms with Crippen LogP contribution in [-0.2, 0) is 16.4 Å². The van der Waals surface area contributed by atoms with E-state index in [4.69, 9.17) is 0 Å². The van der Waals surface area contributed by atoms with Crippen molar-refractivity contribution in [2.24, 2.45) is 0 Å². The Morgan fingerprint density at radius 3 is 2.52 bits per heavy atom. The van der Waals surface area contributed by atoms with E-state index < -0.39 is 39.0 Å². The third-order valence-electron chi connectivity index (χ3n) is 5.15. The van der Waals surface area contributed by atoms with Crippen LogP contribution in [-0.4, -0.2) is 60.1 Å². The minimum atomic E-state index is -3.28. The number of nitrogens with zero attached hydrogens (tertiary/aromatic N) is 2. The van der Waals surface area contributed by atoms with Crippen molar-refractivity contribution in [3.63, 3.8) is 0 Å². The summed E-state index contributed by atoms with van der Waals surface area (Å²) in [5.41, 5.74) is -0.652. The lowest BCUT2D eigenvalue weighted by Gasteiger charge is -2.30. The molecule has 0 aliphatic carbocycles. The first-order valence-corrected chi connectivity index (χ1v) is 11.5. The molecule has 3 N–H and O–H groups in total. The number of rotatable bonds is 6. The molecule has 168 valence electrons. The molecule has 0 radical (unpaired) electrons. The van der Waals surface area contributed by atoms with E-state index in [-0.39, 0.29) is 42.5 Å². The lowest BCUT2D eigenvalue weighted by Crippen LogP contribution is -2.46. The van der Waals surface area contributed by atoms with E-state index in [1.807, 2.05) is 0 Å². The van der Waals surface area contributed by atoms with E-state index >= 15 is 0 Å². The van der Waals surface area contributed by atoms with Crippen LogP contribution < -0.4 is 10.6 Å². The van der Waals surface area contributed by atoms with E-state index in [9.17, 15) is 26.8 Å². The van der Waals surface area contributed by atoms with Crippen molar-refractivity contribution < 1.29 is 26.8 Å². The summed E-state index contributed by atoms with van der Waals surface area (Å²) in [6, 6.07) is 2.02. The topological polar surface area (TPSA) is 124 Å². The Morgan fingerprint density at radius 2 is 1.90 bits per heavy atom. The van der Waals surface area contributed by atoms with Crippen LogP contribution in [0.5, 0.6) is 0 Å². The Bertz CT molecular complexity index is 1090. The largest absolute Gasteiger partial charge is 0.348 e. The molecule has 1 aliphatic heterocycles. The van der Waals surface area contributed by atoms with Gasteiger partial charge in [-0.05, 0) is 30.9 Å². The Labute approximate surface area is 178 Å². The number of benzene rings is 1. The standard InChI is InChI=1S/C19H23F2N5O4S/c1-3-11-4-5-13(20)15(16(11)21)18(27)24-14-10-22-25-17(14)19(28)23-12-6-8-26(9-7-12)31(2,29)30/h4-5,10,12H,3,6-9H2,1-2H3,(H,22,25)(H,23,28)(H,24,27). The van der Waals surface area contributed by atoms with Crippen molar-refractivity contribution >= 4 is 27.5 Å². The van der Waals surface area contributed by atoms with Crippen LogP contribution in [0, 0.1) is 11.6 Å². The van der Waals surface area contributed by atoms with Gasteiger partial charge in [0.1, 0.15) is 22.9 Å². The van der Waals surface area contributed by atoms with E-state index in [0.29, 0.717) is 12.8 Å². The van der Waals surface area contributed by atoms with Gasteiger partial charge in [0.25, 0.3) is 11.8 Å². The number of sulfonamides is 1. The van der Waals surface area contributed by atoms with Gasteiger partial charge in [0.05, 0.1) is 18.1 Å². The average molecular weight is 455 g/mol. The van der Waals surface area contributed by atoms with Crippen molar-refractivity contribution in [1.29, 1.82) is 0 Å². The number of aromatic amines is 1. The summed E-state index contributed by atoms with van der Waals surface area (Å²) in [6.07, 6.45) is 3.43. The SMILES string of the molecule is CCc1ccc(F)c(C(=O)Nc2cn[nH]c2C(=O)NC2CCN(S(C)(=O)=O)CC2)c1F. The van der Waals surface area contributed by atoms with Gasteiger partial charge in [-0.1, -0.05) is 13.0 Å². The highest BCUT2D eigenvalue weighted by atomic mass is 32.2. The van der Waals surface area contributed by atoms with Crippen molar-refractivity contribution in [3.8, 4) is 0 Å². The number of aryl methyl sites for hydroxylation is 1. The predicted octanol–water partition coefficient (Wildman–Crippen LogP) is 1.66. The Morgan fingerprint density at radius 1 is 1.23 bits per heavy atom. The highest BCUT2D eigenvalue weighted by Gasteiger charge is 2.28. The number of hydrogen-bond donors (Lipinski definition) is 3. The molecule has 0 unspecified atom stereocenters. The highest BCUT2D eigenvalue weighted by Crippen LogP contribution is 2.21. The van der Waals surface area contributed by atoms with Crippen LogP contribution in [0.3, 0.4) is 0 Å². The number of aromatic nitrogens is 2. The predicted molar refractivity (Wildman–Crippen MR) is 109 cm³/mol. The van der Waals surface area contributed by atoms with Gasteiger partial charge in [-0.2, -0.15) is 5.10 Å². The number of amides is 2. The van der Waals surface area contributed by atoms with Gasteiger partial charge >= 0.3 is 0 Å². The number of piperidine rings is 1. The van der Waals surface area contributed by atoms with E-state index in [0.717, 1.165) is 12.3 Å². The first-order valence-electron chi connectivity index (χ1n) is 9.69. The van der Waals surface area contributed by atoms with Gasteiger partial charge in [-0.25, -0.2) is 21.5 Å². The number of hydrogen-bond acceptors (Lipinski definition) is 5. The number of H-pyrrole nitrogens is 1. The molecular formula is C19H23F2N5O4S.